The van der Waals surface area contributed by atoms with Crippen LogP contribution in [-0.4, -0.2) is 319 Å². The quantitative estimate of drug-likeness (QED) is 0.0637. The Morgan fingerprint density at radius 1 is 0.637 bits per heavy atom. The molecule has 0 bridgehead atoms. The van der Waals surface area contributed by atoms with Gasteiger partial charge in [-0.1, -0.05) is 23.2 Å². The number of carbonyl (C=O) groups is 1. The van der Waals surface area contributed by atoms with Crippen LogP contribution in [0.15, 0.2) is 0 Å². The SMILES string of the molecule is COC[C@H]1O[C@@H](O[C@@H]2OC[C@@H]3O[C@@]4(OC[C@](O)([C@H](C)OC)[C@H]5OCO[C@H]54)O[C@H]3[C@H]2OC)[C@@H](OC)[C@@H](O)[C@@H]1O[C@@H]1O[C@H](C)[C@H](OC)[C@H](O[C@H]2C[C@H]3O[C@@]4(C[C@H](O)[C@H](O[C@H]5C[C@@H](O[C@H]6C[C@](C)([NH+]([O-])O)[C@@H](OC)[C@H](C)O6)[C@H](OC(=O)c6c(C)c(Cl)c(O)c(Cl)c6C)[C@@H](C)O5)[C@@H](C)O4)O[C@@H]3[C@@H](C)O2)[C@H]1O. The number of halogens is 2. The standard InChI is InChI=1S/C65H99Cl2NO34/c1-24-40(25(2)42(67)43(70)41(24)66)58(73)95-47-26(3)87-37(16-33(47)91-39-19-62(9,68(75)76)55(82-15)30(7)89-39)93-46-29(6)98-64(18-32(46)69)99-34-17-38(88-27(4)48(34)101-64)94-52-45(72)59(90-28(5)49(52)79-12)96-50-35(20-77-10)92-61(53(80-13)44(50)71)97-60-54(81-14)51-36(21-83-60)100-65(102-51)57-56(84-23-85-57)63(74,22-86-65)31(8)78-11/h26-39,44-57,59-61,68-72,74-75H,16-23H2,1-15H3/t26-,27-,28-,29-,30+,31+,32+,33-,34-,35-,36+,37+,38+,39+,44+,45-,46-,47-,48-,49+,50-,51-,52-,53+,54-,55+,56+,57-,59+,60+,61+,62+,63+,64+,65-/m1/s1. The summed E-state index contributed by atoms with van der Waals surface area (Å²) in [6.07, 6.45) is -33.3. The minimum atomic E-state index is -1.82. The van der Waals surface area contributed by atoms with Crippen molar-refractivity contribution in [2.24, 2.45) is 0 Å². The second-order valence-corrected chi connectivity index (χ2v) is 29.0. The fourth-order valence-corrected chi connectivity index (χ4v) is 16.7. The van der Waals surface area contributed by atoms with Crippen molar-refractivity contribution in [2.45, 2.75) is 301 Å². The number of fused-ring (bicyclic) bond motifs is 4. The van der Waals surface area contributed by atoms with E-state index >= 15 is 0 Å². The normalized spacial score (nSPS) is 48.7. The molecule has 0 radical (unpaired) electrons. The zero-order valence-corrected chi connectivity index (χ0v) is 60.9. The number of esters is 1. The Balaban J connectivity index is 0.678. The molecule has 0 aromatic heterocycles. The zero-order chi connectivity index (χ0) is 73.6. The van der Waals surface area contributed by atoms with Crippen molar-refractivity contribution in [3.8, 4) is 5.75 Å². The Morgan fingerprint density at radius 3 is 1.95 bits per heavy atom. The topological polar surface area (TPSA) is 406 Å². The number of ether oxygens (including phenoxy) is 26. The van der Waals surface area contributed by atoms with Gasteiger partial charge in [-0.3, -0.25) is 0 Å². The van der Waals surface area contributed by atoms with E-state index in [0.717, 1.165) is 0 Å². The lowest BCUT2D eigenvalue weighted by atomic mass is 9.85. The van der Waals surface area contributed by atoms with Crippen molar-refractivity contribution in [1.29, 1.82) is 0 Å². The molecule has 582 valence electrons. The monoisotopic (exact) mass is 1510 g/mol. The molecule has 11 saturated heterocycles. The van der Waals surface area contributed by atoms with Crippen LogP contribution >= 0.6 is 23.2 Å². The molecule has 36 atom stereocenters. The Morgan fingerprint density at radius 2 is 1.29 bits per heavy atom. The molecule has 0 aliphatic carbocycles. The Labute approximate surface area is 599 Å². The molecule has 11 aliphatic heterocycles. The molecule has 7 N–H and O–H groups in total. The van der Waals surface area contributed by atoms with E-state index in [0.29, 0.717) is 0 Å². The first-order valence-corrected chi connectivity index (χ1v) is 35.1. The number of methoxy groups -OCH3 is 6. The Kier molecular flexibility index (Phi) is 24.6. The molecule has 1 aromatic carbocycles. The van der Waals surface area contributed by atoms with Gasteiger partial charge in [0.1, 0.15) is 104 Å². The van der Waals surface area contributed by atoms with Gasteiger partial charge in [-0.05, 0) is 73.4 Å². The molecule has 35 nitrogen and oxygen atoms in total. The molecule has 1 unspecified atom stereocenters. The van der Waals surface area contributed by atoms with Gasteiger partial charge in [0.15, 0.2) is 61.2 Å². The van der Waals surface area contributed by atoms with Gasteiger partial charge < -0.3 is 154 Å². The number of aliphatic hydroxyl groups excluding tert-OH is 3. The largest absolute Gasteiger partial charge is 0.600 e. The van der Waals surface area contributed by atoms with E-state index in [-0.39, 0.29) is 79.0 Å². The lowest BCUT2D eigenvalue weighted by Gasteiger charge is -2.49. The number of carbonyl (C=O) groups excluding carboxylic acids is 1. The number of hydroxylamine groups is 2. The molecule has 0 amide bonds. The maximum Gasteiger partial charge on any atom is 0.339 e. The van der Waals surface area contributed by atoms with Crippen LogP contribution in [0.4, 0.5) is 0 Å². The smallest absolute Gasteiger partial charge is 0.339 e. The number of quaternary nitrogens is 1. The summed E-state index contributed by atoms with van der Waals surface area (Å²) in [5, 5.41) is 80.6. The van der Waals surface area contributed by atoms with E-state index in [9.17, 15) is 40.7 Å². The van der Waals surface area contributed by atoms with Crippen LogP contribution in [-0.2, 0) is 123 Å². The Hall–Kier alpha value is -2.21. The third-order valence-electron chi connectivity index (χ3n) is 21.8. The Bertz CT molecular complexity index is 2980. The van der Waals surface area contributed by atoms with Crippen LogP contribution in [0, 0.1) is 19.1 Å². The van der Waals surface area contributed by atoms with Crippen molar-refractivity contribution in [1.82, 2.24) is 0 Å². The number of rotatable bonds is 21. The summed E-state index contributed by atoms with van der Waals surface area (Å²) >= 11 is 12.8. The molecule has 12 rings (SSSR count). The molecule has 37 heteroatoms. The number of benzene rings is 1. The summed E-state index contributed by atoms with van der Waals surface area (Å²) in [5.74, 6) is -4.89. The highest BCUT2D eigenvalue weighted by Gasteiger charge is 2.71. The second kappa shape index (κ2) is 31.6. The molecule has 102 heavy (non-hydrogen) atoms. The highest BCUT2D eigenvalue weighted by atomic mass is 35.5. The molecule has 11 fully saturated rings. The van der Waals surface area contributed by atoms with E-state index in [1.165, 1.54) is 63.4 Å². The summed E-state index contributed by atoms with van der Waals surface area (Å²) in [5.41, 5.74) is -2.64. The van der Waals surface area contributed by atoms with Gasteiger partial charge in [0.25, 0.3) is 5.97 Å². The van der Waals surface area contributed by atoms with E-state index in [1.807, 2.05) is 0 Å². The predicted molar refractivity (Wildman–Crippen MR) is 337 cm³/mol. The number of hydrogen-bond acceptors (Lipinski definition) is 34. The van der Waals surface area contributed by atoms with Gasteiger partial charge in [0.05, 0.1) is 97.1 Å². The minimum Gasteiger partial charge on any atom is -0.600 e. The molecular formula is C65H99Cl2NO34. The number of phenols is 1. The van der Waals surface area contributed by atoms with E-state index < -0.39 is 230 Å². The third-order valence-corrected chi connectivity index (χ3v) is 22.7. The van der Waals surface area contributed by atoms with Gasteiger partial charge >= 0.3 is 11.9 Å². The average molecular weight is 1510 g/mol. The van der Waals surface area contributed by atoms with Gasteiger partial charge in [-0.2, -0.15) is 0 Å². The van der Waals surface area contributed by atoms with Crippen LogP contribution in [0.1, 0.15) is 95.6 Å². The van der Waals surface area contributed by atoms with Crippen LogP contribution < -0.4 is 5.23 Å². The summed E-state index contributed by atoms with van der Waals surface area (Å²) in [7, 11) is 8.49. The summed E-state index contributed by atoms with van der Waals surface area (Å²) in [6, 6.07) is 0. The van der Waals surface area contributed by atoms with E-state index in [1.54, 1.807) is 41.5 Å². The highest BCUT2D eigenvalue weighted by Crippen LogP contribution is 2.51. The highest BCUT2D eigenvalue weighted by molar-refractivity contribution is 6.38. The van der Waals surface area contributed by atoms with E-state index in [2.05, 4.69) is 0 Å². The lowest BCUT2D eigenvalue weighted by molar-refractivity contribution is -1.09. The van der Waals surface area contributed by atoms with Crippen LogP contribution in [0.25, 0.3) is 0 Å². The van der Waals surface area contributed by atoms with Gasteiger partial charge in [0.2, 0.25) is 0 Å². The molecule has 11 heterocycles. The van der Waals surface area contributed by atoms with Gasteiger partial charge in [-0.15, -0.1) is 0 Å². The van der Waals surface area contributed by atoms with E-state index in [4.69, 9.17) is 146 Å². The number of aromatic hydroxyl groups is 1. The number of nitrogens with one attached hydrogen (secondary N) is 1. The average Bonchev–Trinajstić information content (AvgIpc) is 1.54. The third kappa shape index (κ3) is 14.7. The molecule has 2 spiro atoms. The summed E-state index contributed by atoms with van der Waals surface area (Å²) < 4.78 is 162. The maximum atomic E-state index is 14.2. The predicted octanol–water partition coefficient (Wildman–Crippen LogP) is 0.171. The summed E-state index contributed by atoms with van der Waals surface area (Å²) in [4.78, 5) is 14.2. The zero-order valence-electron chi connectivity index (χ0n) is 59.4. The molecular weight excluding hydrogens is 1410 g/mol. The molecule has 11 aliphatic rings. The van der Waals surface area contributed by atoms with Crippen molar-refractivity contribution >= 4 is 29.2 Å². The number of hydrogen-bond donors (Lipinski definition) is 7. The fourth-order valence-electron chi connectivity index (χ4n) is 16.3. The van der Waals surface area contributed by atoms with Crippen molar-refractivity contribution < 1.29 is 164 Å². The van der Waals surface area contributed by atoms with Crippen LogP contribution in [0.3, 0.4) is 0 Å². The molecule has 0 saturated carbocycles. The first kappa shape index (κ1) is 79.3. The maximum absolute atomic E-state index is 14.2. The van der Waals surface area contributed by atoms with Gasteiger partial charge in [-0.25, -0.2) is 15.2 Å². The van der Waals surface area contributed by atoms with Crippen molar-refractivity contribution in [3.05, 3.63) is 31.9 Å². The summed E-state index contributed by atoms with van der Waals surface area (Å²) in [6.45, 7) is 14.0. The lowest BCUT2D eigenvalue weighted by Crippen LogP contribution is -3.16. The van der Waals surface area contributed by atoms with Gasteiger partial charge in [0, 0.05) is 55.5 Å². The van der Waals surface area contributed by atoms with Crippen LogP contribution in [0.2, 0.25) is 10.0 Å². The molecule has 1 aromatic rings. The first-order chi connectivity index (χ1) is 48.4. The second-order valence-electron chi connectivity index (χ2n) is 28.3. The first-order valence-electron chi connectivity index (χ1n) is 34.3. The van der Waals surface area contributed by atoms with Crippen molar-refractivity contribution in [2.75, 3.05) is 69.3 Å². The number of aliphatic hydroxyl groups is 4. The van der Waals surface area contributed by atoms with Crippen molar-refractivity contribution in [3.63, 3.8) is 0 Å². The minimum absolute atomic E-state index is 0.00454. The number of phenolic OH excluding ortho intramolecular Hbond substituents is 1. The fraction of sp³-hybridized carbons (Fsp3) is 0.892. The van der Waals surface area contributed by atoms with Crippen LogP contribution in [0.5, 0.6) is 5.75 Å².